The van der Waals surface area contributed by atoms with E-state index in [0.29, 0.717) is 0 Å². The van der Waals surface area contributed by atoms with Crippen LogP contribution in [-0.4, -0.2) is 17.8 Å². The maximum Gasteiger partial charge on any atom is 0.0645 e. The van der Waals surface area contributed by atoms with E-state index in [4.69, 9.17) is 10.5 Å². The topological polar surface area (TPSA) is 40.2 Å². The van der Waals surface area contributed by atoms with E-state index in [-0.39, 0.29) is 6.04 Å². The van der Waals surface area contributed by atoms with E-state index >= 15 is 0 Å². The van der Waals surface area contributed by atoms with Gasteiger partial charge in [0.2, 0.25) is 0 Å². The van der Waals surface area contributed by atoms with Crippen LogP contribution < -0.4 is 5.73 Å². The Labute approximate surface area is 110 Å². The summed E-state index contributed by atoms with van der Waals surface area (Å²) in [4.78, 5) is 0. The lowest BCUT2D eigenvalue weighted by Gasteiger charge is -2.21. The van der Waals surface area contributed by atoms with Gasteiger partial charge in [-0.1, -0.05) is 13.8 Å². The Morgan fingerprint density at radius 3 is 3.06 bits per heavy atom. The summed E-state index contributed by atoms with van der Waals surface area (Å²) in [6, 6.07) is 2.43. The maximum absolute atomic E-state index is 6.12. The molecule has 3 nitrogen and oxygen atoms in total. The Balaban J connectivity index is 1.80. The third kappa shape index (κ3) is 3.36. The van der Waals surface area contributed by atoms with Crippen molar-refractivity contribution >= 4 is 0 Å². The van der Waals surface area contributed by atoms with Crippen LogP contribution in [0.5, 0.6) is 0 Å². The molecular formula is C15H26N2O. The molecule has 0 fully saturated rings. The van der Waals surface area contributed by atoms with E-state index in [9.17, 15) is 0 Å². The fourth-order valence-electron chi connectivity index (χ4n) is 2.59. The number of rotatable bonds is 6. The summed E-state index contributed by atoms with van der Waals surface area (Å²) in [7, 11) is 0. The number of aromatic nitrogens is 1. The molecule has 18 heavy (non-hydrogen) atoms. The number of fused-ring (bicyclic) bond motifs is 1. The Hall–Kier alpha value is -0.800. The van der Waals surface area contributed by atoms with Crippen LogP contribution in [0, 0.1) is 5.92 Å². The molecule has 0 aromatic carbocycles. The zero-order valence-corrected chi connectivity index (χ0v) is 11.7. The summed E-state index contributed by atoms with van der Waals surface area (Å²) >= 11 is 0. The van der Waals surface area contributed by atoms with Crippen molar-refractivity contribution in [2.24, 2.45) is 11.7 Å². The molecule has 0 radical (unpaired) electrons. The third-order valence-electron chi connectivity index (χ3n) is 3.76. The first-order valence-electron chi connectivity index (χ1n) is 7.19. The van der Waals surface area contributed by atoms with Crippen molar-refractivity contribution in [2.45, 2.75) is 52.1 Å². The molecule has 3 heteroatoms. The van der Waals surface area contributed by atoms with Crippen LogP contribution in [0.1, 0.15) is 50.4 Å². The van der Waals surface area contributed by atoms with Gasteiger partial charge in [0.15, 0.2) is 0 Å². The highest BCUT2D eigenvalue weighted by Crippen LogP contribution is 2.28. The Morgan fingerprint density at radius 1 is 1.44 bits per heavy atom. The third-order valence-corrected chi connectivity index (χ3v) is 3.76. The van der Waals surface area contributed by atoms with Crippen molar-refractivity contribution in [3.63, 3.8) is 0 Å². The van der Waals surface area contributed by atoms with Gasteiger partial charge in [-0.3, -0.25) is 0 Å². The van der Waals surface area contributed by atoms with Crippen molar-refractivity contribution in [1.82, 2.24) is 4.57 Å². The largest absolute Gasteiger partial charge is 0.380 e. The van der Waals surface area contributed by atoms with Crippen molar-refractivity contribution in [3.8, 4) is 0 Å². The van der Waals surface area contributed by atoms with Crippen molar-refractivity contribution < 1.29 is 4.74 Å². The first-order chi connectivity index (χ1) is 8.68. The second kappa shape index (κ2) is 6.39. The molecular weight excluding hydrogens is 224 g/mol. The molecule has 0 amide bonds. The SMILES string of the molecule is CC(C)CCOCCn1ccc2c1CCCC2N. The van der Waals surface area contributed by atoms with Crippen LogP contribution in [0.4, 0.5) is 0 Å². The predicted octanol–water partition coefficient (Wildman–Crippen LogP) is 2.89. The van der Waals surface area contributed by atoms with Gasteiger partial charge in [0.05, 0.1) is 6.61 Å². The Kier molecular flexibility index (Phi) is 4.84. The molecule has 1 aliphatic carbocycles. The molecule has 102 valence electrons. The van der Waals surface area contributed by atoms with E-state index in [2.05, 4.69) is 30.7 Å². The van der Waals surface area contributed by atoms with Gasteiger partial charge in [-0.05, 0) is 43.2 Å². The molecule has 0 spiro atoms. The molecule has 0 saturated carbocycles. The summed E-state index contributed by atoms with van der Waals surface area (Å²) in [5, 5.41) is 0. The van der Waals surface area contributed by atoms with Crippen LogP contribution in [0.25, 0.3) is 0 Å². The summed E-state index contributed by atoms with van der Waals surface area (Å²) in [5.74, 6) is 0.724. The second-order valence-corrected chi connectivity index (χ2v) is 5.70. The van der Waals surface area contributed by atoms with E-state index in [1.54, 1.807) is 0 Å². The lowest BCUT2D eigenvalue weighted by Crippen LogP contribution is -2.19. The Morgan fingerprint density at radius 2 is 2.28 bits per heavy atom. The van der Waals surface area contributed by atoms with Gasteiger partial charge in [0.1, 0.15) is 0 Å². The van der Waals surface area contributed by atoms with Gasteiger partial charge in [0.25, 0.3) is 0 Å². The van der Waals surface area contributed by atoms with Gasteiger partial charge in [0, 0.05) is 31.1 Å². The smallest absolute Gasteiger partial charge is 0.0645 e. The standard InChI is InChI=1S/C15H26N2O/c1-12(2)7-10-18-11-9-17-8-6-13-14(16)4-3-5-15(13)17/h6,8,12,14H,3-5,7,9-11,16H2,1-2H3. The van der Waals surface area contributed by atoms with Crippen molar-refractivity contribution in [3.05, 3.63) is 23.5 Å². The molecule has 1 heterocycles. The lowest BCUT2D eigenvalue weighted by molar-refractivity contribution is 0.115. The van der Waals surface area contributed by atoms with Gasteiger partial charge >= 0.3 is 0 Å². The van der Waals surface area contributed by atoms with E-state index < -0.39 is 0 Å². The minimum atomic E-state index is 0.247. The second-order valence-electron chi connectivity index (χ2n) is 5.70. The fourth-order valence-corrected chi connectivity index (χ4v) is 2.59. The van der Waals surface area contributed by atoms with Gasteiger partial charge < -0.3 is 15.0 Å². The van der Waals surface area contributed by atoms with Crippen molar-refractivity contribution in [1.29, 1.82) is 0 Å². The molecule has 1 aromatic heterocycles. The zero-order chi connectivity index (χ0) is 13.0. The molecule has 0 saturated heterocycles. The number of ether oxygens (including phenoxy) is 1. The van der Waals surface area contributed by atoms with Crippen LogP contribution in [0.2, 0.25) is 0 Å². The number of hydrogen-bond donors (Lipinski definition) is 1. The number of hydrogen-bond acceptors (Lipinski definition) is 2. The first-order valence-corrected chi connectivity index (χ1v) is 7.19. The summed E-state index contributed by atoms with van der Waals surface area (Å²) in [5.41, 5.74) is 8.91. The number of nitrogens with zero attached hydrogens (tertiary/aromatic N) is 1. The predicted molar refractivity (Wildman–Crippen MR) is 74.6 cm³/mol. The monoisotopic (exact) mass is 250 g/mol. The average Bonchev–Trinajstić information content (AvgIpc) is 2.73. The normalized spacial score (nSPS) is 19.2. The van der Waals surface area contributed by atoms with Crippen LogP contribution >= 0.6 is 0 Å². The minimum absolute atomic E-state index is 0.247. The zero-order valence-electron chi connectivity index (χ0n) is 11.7. The van der Waals surface area contributed by atoms with Crippen LogP contribution in [0.3, 0.4) is 0 Å². The van der Waals surface area contributed by atoms with Crippen molar-refractivity contribution in [2.75, 3.05) is 13.2 Å². The van der Waals surface area contributed by atoms with Crippen LogP contribution in [-0.2, 0) is 17.7 Å². The number of nitrogens with two attached hydrogens (primary N) is 1. The molecule has 2 N–H and O–H groups in total. The summed E-state index contributed by atoms with van der Waals surface area (Å²) < 4.78 is 8.01. The quantitative estimate of drug-likeness (QED) is 0.789. The van der Waals surface area contributed by atoms with E-state index in [0.717, 1.165) is 38.5 Å². The molecule has 1 aromatic rings. The highest BCUT2D eigenvalue weighted by atomic mass is 16.5. The summed E-state index contributed by atoms with van der Waals surface area (Å²) in [6.45, 7) is 7.10. The molecule has 0 aliphatic heterocycles. The minimum Gasteiger partial charge on any atom is -0.380 e. The van der Waals surface area contributed by atoms with Gasteiger partial charge in [-0.15, -0.1) is 0 Å². The molecule has 1 unspecified atom stereocenters. The molecule has 1 atom stereocenters. The van der Waals surface area contributed by atoms with Crippen LogP contribution in [0.15, 0.2) is 12.3 Å². The fraction of sp³-hybridized carbons (Fsp3) is 0.733. The molecule has 0 bridgehead atoms. The van der Waals surface area contributed by atoms with Gasteiger partial charge in [-0.2, -0.15) is 0 Å². The lowest BCUT2D eigenvalue weighted by atomic mass is 9.94. The molecule has 2 rings (SSSR count). The van der Waals surface area contributed by atoms with E-state index in [1.807, 2.05) is 0 Å². The highest BCUT2D eigenvalue weighted by Gasteiger charge is 2.19. The van der Waals surface area contributed by atoms with Gasteiger partial charge in [-0.25, -0.2) is 0 Å². The van der Waals surface area contributed by atoms with E-state index in [1.165, 1.54) is 24.1 Å². The Bertz CT molecular complexity index is 371. The highest BCUT2D eigenvalue weighted by molar-refractivity contribution is 5.28. The maximum atomic E-state index is 6.12. The average molecular weight is 250 g/mol. The molecule has 1 aliphatic rings. The summed E-state index contributed by atoms with van der Waals surface area (Å²) in [6.07, 6.45) is 6.83. The first kappa shape index (κ1) is 13.6.